The van der Waals surface area contributed by atoms with Gasteiger partial charge in [-0.05, 0) is 31.2 Å². The van der Waals surface area contributed by atoms with Gasteiger partial charge in [-0.15, -0.1) is 0 Å². The Hall–Kier alpha value is -2.25. The summed E-state index contributed by atoms with van der Waals surface area (Å²) in [6.07, 6.45) is 0.429. The number of rotatable bonds is 6. The van der Waals surface area contributed by atoms with Crippen LogP contribution in [0.5, 0.6) is 0 Å². The molecule has 0 bridgehead atoms. The normalized spacial score (nSPS) is 12.9. The molecule has 1 amide bonds. The van der Waals surface area contributed by atoms with Gasteiger partial charge in [-0.1, -0.05) is 30.7 Å². The lowest BCUT2D eigenvalue weighted by Crippen LogP contribution is -2.30. The van der Waals surface area contributed by atoms with Crippen molar-refractivity contribution >= 4 is 40.0 Å². The second-order valence-corrected chi connectivity index (χ2v) is 7.08. The number of nitrogens with zero attached hydrogens (tertiary/aromatic N) is 1. The van der Waals surface area contributed by atoms with Crippen molar-refractivity contribution in [1.29, 1.82) is 0 Å². The van der Waals surface area contributed by atoms with Crippen molar-refractivity contribution < 1.29 is 18.5 Å². The van der Waals surface area contributed by atoms with E-state index in [1.165, 1.54) is 19.2 Å². The van der Waals surface area contributed by atoms with Crippen molar-refractivity contribution in [3.8, 4) is 0 Å². The van der Waals surface area contributed by atoms with Crippen molar-refractivity contribution in [2.75, 3.05) is 11.1 Å². The van der Waals surface area contributed by atoms with Gasteiger partial charge >= 0.3 is 5.97 Å². The zero-order valence-electron chi connectivity index (χ0n) is 13.7. The Morgan fingerprint density at radius 3 is 2.68 bits per heavy atom. The van der Waals surface area contributed by atoms with E-state index in [1.54, 1.807) is 37.3 Å². The summed E-state index contributed by atoms with van der Waals surface area (Å²) >= 11 is 5.88. The number of hydrogen-bond acceptors (Lipinski definition) is 5. The van der Waals surface area contributed by atoms with E-state index < -0.39 is 28.8 Å². The van der Waals surface area contributed by atoms with Crippen LogP contribution in [0.2, 0.25) is 5.15 Å². The summed E-state index contributed by atoms with van der Waals surface area (Å²) in [7, 11) is -1.31. The number of hydrogen-bond donors (Lipinski definition) is 1. The molecule has 2 atom stereocenters. The first kappa shape index (κ1) is 19.1. The Labute approximate surface area is 153 Å². The van der Waals surface area contributed by atoms with E-state index in [0.29, 0.717) is 16.3 Å². The maximum Gasteiger partial charge on any atom is 0.340 e. The fourth-order valence-electron chi connectivity index (χ4n) is 1.98. The Morgan fingerprint density at radius 2 is 2.00 bits per heavy atom. The molecule has 132 valence electrons. The van der Waals surface area contributed by atoms with E-state index in [0.717, 1.165) is 0 Å². The van der Waals surface area contributed by atoms with Crippen molar-refractivity contribution in [1.82, 2.24) is 4.98 Å². The van der Waals surface area contributed by atoms with Gasteiger partial charge in [0.05, 0.1) is 26.9 Å². The van der Waals surface area contributed by atoms with Gasteiger partial charge in [0.25, 0.3) is 5.91 Å². The molecule has 0 aliphatic rings. The number of anilines is 1. The molecule has 6 nitrogen and oxygen atoms in total. The van der Waals surface area contributed by atoms with Gasteiger partial charge in [-0.3, -0.25) is 9.00 Å². The number of halogens is 1. The number of amides is 1. The second kappa shape index (κ2) is 8.73. The average molecular weight is 381 g/mol. The highest BCUT2D eigenvalue weighted by molar-refractivity contribution is 7.85. The molecule has 2 aromatic rings. The molecular formula is C17H17ClN2O4S. The van der Waals surface area contributed by atoms with Gasteiger partial charge in [0.15, 0.2) is 11.3 Å². The van der Waals surface area contributed by atoms with E-state index in [9.17, 15) is 13.8 Å². The van der Waals surface area contributed by atoms with Gasteiger partial charge in [0.2, 0.25) is 0 Å². The Balaban J connectivity index is 2.09. The number of nitrogens with one attached hydrogen (secondary N) is 1. The highest BCUT2D eigenvalue weighted by atomic mass is 35.5. The molecule has 1 aromatic carbocycles. The predicted molar refractivity (Wildman–Crippen MR) is 96.1 cm³/mol. The standard InChI is InChI=1S/C17H17ClN2O4S/c1-3-25(23)14-9-5-4-7-12(14)17(22)24-11(2)16(21)20-13-8-6-10-19-15(13)18/h4-11H,3H2,1-2H3,(H,20,21)/t11-,25-/m0/s1. The summed E-state index contributed by atoms with van der Waals surface area (Å²) in [6, 6.07) is 9.67. The largest absolute Gasteiger partial charge is 0.449 e. The third kappa shape index (κ3) is 4.87. The van der Waals surface area contributed by atoms with Crippen LogP contribution in [-0.2, 0) is 20.3 Å². The fraction of sp³-hybridized carbons (Fsp3) is 0.235. The number of pyridine rings is 1. The molecule has 0 spiro atoms. The molecule has 1 heterocycles. The van der Waals surface area contributed by atoms with Crippen LogP contribution in [0.25, 0.3) is 0 Å². The van der Waals surface area contributed by atoms with Crippen molar-refractivity contribution in [3.05, 3.63) is 53.3 Å². The van der Waals surface area contributed by atoms with E-state index in [2.05, 4.69) is 10.3 Å². The summed E-state index contributed by atoms with van der Waals surface area (Å²) in [6.45, 7) is 3.20. The molecule has 0 radical (unpaired) electrons. The van der Waals surface area contributed by atoms with Crippen LogP contribution in [0.4, 0.5) is 5.69 Å². The first-order valence-electron chi connectivity index (χ1n) is 7.53. The maximum absolute atomic E-state index is 12.3. The van der Waals surface area contributed by atoms with E-state index in [-0.39, 0.29) is 10.7 Å². The number of esters is 1. The number of aromatic nitrogens is 1. The molecule has 0 aliphatic heterocycles. The maximum atomic E-state index is 12.3. The molecule has 0 aliphatic carbocycles. The SMILES string of the molecule is CC[S@](=O)c1ccccc1C(=O)O[C@@H](C)C(=O)Nc1cccnc1Cl. The minimum absolute atomic E-state index is 0.137. The van der Waals surface area contributed by atoms with Gasteiger partial charge < -0.3 is 10.1 Å². The van der Waals surface area contributed by atoms with Crippen LogP contribution in [0.1, 0.15) is 24.2 Å². The first-order chi connectivity index (χ1) is 11.9. The minimum Gasteiger partial charge on any atom is -0.449 e. The van der Waals surface area contributed by atoms with Crippen LogP contribution in [-0.4, -0.2) is 32.9 Å². The zero-order valence-corrected chi connectivity index (χ0v) is 15.3. The molecule has 2 rings (SSSR count). The van der Waals surface area contributed by atoms with Crippen LogP contribution >= 0.6 is 11.6 Å². The monoisotopic (exact) mass is 380 g/mol. The van der Waals surface area contributed by atoms with Crippen LogP contribution in [0.3, 0.4) is 0 Å². The smallest absolute Gasteiger partial charge is 0.340 e. The second-order valence-electron chi connectivity index (χ2n) is 5.01. The lowest BCUT2D eigenvalue weighted by molar-refractivity contribution is -0.123. The molecule has 0 unspecified atom stereocenters. The zero-order chi connectivity index (χ0) is 18.4. The summed E-state index contributed by atoms with van der Waals surface area (Å²) in [4.78, 5) is 28.8. The molecular weight excluding hydrogens is 364 g/mol. The van der Waals surface area contributed by atoms with Crippen molar-refractivity contribution in [3.63, 3.8) is 0 Å². The molecule has 0 saturated heterocycles. The molecule has 1 N–H and O–H groups in total. The third-order valence-electron chi connectivity index (χ3n) is 3.28. The van der Waals surface area contributed by atoms with Gasteiger partial charge in [0.1, 0.15) is 0 Å². The summed E-state index contributed by atoms with van der Waals surface area (Å²) < 4.78 is 17.2. The predicted octanol–water partition coefficient (Wildman–Crippen LogP) is 3.05. The molecule has 0 fully saturated rings. The molecule has 0 saturated carbocycles. The minimum atomic E-state index is -1.31. The van der Waals surface area contributed by atoms with E-state index in [1.807, 2.05) is 0 Å². The highest BCUT2D eigenvalue weighted by Crippen LogP contribution is 2.19. The Morgan fingerprint density at radius 1 is 1.28 bits per heavy atom. The number of benzene rings is 1. The highest BCUT2D eigenvalue weighted by Gasteiger charge is 2.22. The van der Waals surface area contributed by atoms with Crippen LogP contribution in [0.15, 0.2) is 47.5 Å². The first-order valence-corrected chi connectivity index (χ1v) is 9.23. The quantitative estimate of drug-likeness (QED) is 0.615. The fourth-order valence-corrected chi connectivity index (χ4v) is 3.09. The summed E-state index contributed by atoms with van der Waals surface area (Å²) in [5.41, 5.74) is 0.506. The Kier molecular flexibility index (Phi) is 6.66. The van der Waals surface area contributed by atoms with Crippen molar-refractivity contribution in [2.24, 2.45) is 0 Å². The molecule has 1 aromatic heterocycles. The Bertz CT molecular complexity index is 813. The summed E-state index contributed by atoms with van der Waals surface area (Å²) in [5.74, 6) is -0.880. The average Bonchev–Trinajstić information content (AvgIpc) is 2.62. The summed E-state index contributed by atoms with van der Waals surface area (Å²) in [5, 5.41) is 2.68. The van der Waals surface area contributed by atoms with Gasteiger partial charge in [0, 0.05) is 11.9 Å². The lowest BCUT2D eigenvalue weighted by Gasteiger charge is -2.15. The van der Waals surface area contributed by atoms with Gasteiger partial charge in [-0.2, -0.15) is 0 Å². The van der Waals surface area contributed by atoms with Gasteiger partial charge in [-0.25, -0.2) is 9.78 Å². The third-order valence-corrected chi connectivity index (χ3v) is 4.96. The molecule has 25 heavy (non-hydrogen) atoms. The molecule has 8 heteroatoms. The van der Waals surface area contributed by atoms with E-state index in [4.69, 9.17) is 16.3 Å². The van der Waals surface area contributed by atoms with Crippen LogP contribution in [0, 0.1) is 0 Å². The van der Waals surface area contributed by atoms with Crippen molar-refractivity contribution in [2.45, 2.75) is 24.8 Å². The lowest BCUT2D eigenvalue weighted by atomic mass is 10.2. The number of carbonyl (C=O) groups excluding carboxylic acids is 2. The number of carbonyl (C=O) groups is 2. The number of ether oxygens (including phenoxy) is 1. The van der Waals surface area contributed by atoms with E-state index >= 15 is 0 Å². The topological polar surface area (TPSA) is 85.4 Å². The van der Waals surface area contributed by atoms with Crippen LogP contribution < -0.4 is 5.32 Å².